The second-order valence-electron chi connectivity index (χ2n) is 23.9. The van der Waals surface area contributed by atoms with Crippen molar-refractivity contribution in [2.75, 3.05) is 26.4 Å². The van der Waals surface area contributed by atoms with Crippen molar-refractivity contribution in [3.8, 4) is 0 Å². The molecule has 0 aromatic rings. The lowest BCUT2D eigenvalue weighted by Crippen LogP contribution is -2.66. The summed E-state index contributed by atoms with van der Waals surface area (Å²) in [6, 6.07) is -1.01. The molecule has 3 fully saturated rings. The Balaban J connectivity index is 1.48. The predicted octanol–water partition coefficient (Wildman–Crippen LogP) is 8.32. The lowest BCUT2D eigenvalue weighted by Gasteiger charge is -2.48. The average molecular weight is 1250 g/mol. The van der Waals surface area contributed by atoms with Gasteiger partial charge in [0.2, 0.25) is 5.91 Å². The number of hydrogen-bond donors (Lipinski definition) is 12. The zero-order valence-electron chi connectivity index (χ0n) is 53.4. The van der Waals surface area contributed by atoms with Crippen molar-refractivity contribution < 1.29 is 89.4 Å². The molecular weight excluding hydrogens is 1130 g/mol. The second-order valence-corrected chi connectivity index (χ2v) is 23.9. The molecule has 0 aliphatic carbocycles. The van der Waals surface area contributed by atoms with Gasteiger partial charge in [-0.15, -0.1) is 0 Å². The van der Waals surface area contributed by atoms with Crippen LogP contribution in [0.25, 0.3) is 0 Å². The molecule has 0 bridgehead atoms. The molecule has 12 N–H and O–H groups in total. The fourth-order valence-electron chi connectivity index (χ4n) is 10.9. The van der Waals surface area contributed by atoms with E-state index >= 15 is 0 Å². The van der Waals surface area contributed by atoms with E-state index in [9.17, 15) is 61.0 Å². The highest BCUT2D eigenvalue weighted by Crippen LogP contribution is 2.33. The van der Waals surface area contributed by atoms with Gasteiger partial charge < -0.3 is 89.9 Å². The van der Waals surface area contributed by atoms with E-state index in [0.29, 0.717) is 12.8 Å². The Kier molecular flexibility index (Phi) is 45.5. The number of carbonyl (C=O) groups is 1. The highest BCUT2D eigenvalue weighted by molar-refractivity contribution is 5.76. The number of allylic oxidation sites excluding steroid dienone is 13. The summed E-state index contributed by atoms with van der Waals surface area (Å²) < 4.78 is 34.3. The van der Waals surface area contributed by atoms with Crippen molar-refractivity contribution in [1.29, 1.82) is 0 Å². The molecule has 0 radical (unpaired) electrons. The fraction of sp³-hybridized carbons (Fsp3) is 0.783. The van der Waals surface area contributed by atoms with E-state index in [4.69, 9.17) is 28.4 Å². The van der Waals surface area contributed by atoms with Gasteiger partial charge in [-0.25, -0.2) is 0 Å². The third kappa shape index (κ3) is 32.5. The molecule has 0 aromatic heterocycles. The second kappa shape index (κ2) is 50.5. The predicted molar refractivity (Wildman–Crippen MR) is 341 cm³/mol. The molecule has 17 unspecified atom stereocenters. The number of carbonyl (C=O) groups excluding carboxylic acids is 1. The van der Waals surface area contributed by atoms with E-state index in [1.54, 1.807) is 6.08 Å². The summed E-state index contributed by atoms with van der Waals surface area (Å²) in [7, 11) is 0. The van der Waals surface area contributed by atoms with Gasteiger partial charge in [-0.2, -0.15) is 0 Å². The number of aliphatic hydroxyl groups excluding tert-OH is 11. The first-order valence-electron chi connectivity index (χ1n) is 33.8. The highest BCUT2D eigenvalue weighted by atomic mass is 16.8. The first-order valence-corrected chi connectivity index (χ1v) is 33.8. The number of rotatable bonds is 50. The Morgan fingerprint density at radius 1 is 0.420 bits per heavy atom. The highest BCUT2D eigenvalue weighted by Gasteiger charge is 2.53. The molecule has 19 nitrogen and oxygen atoms in total. The summed E-state index contributed by atoms with van der Waals surface area (Å²) in [5.41, 5.74) is 0. The maximum absolute atomic E-state index is 13.4. The van der Waals surface area contributed by atoms with Crippen molar-refractivity contribution in [2.45, 2.75) is 317 Å². The van der Waals surface area contributed by atoms with Crippen LogP contribution in [-0.4, -0.2) is 193 Å². The number of amides is 1. The largest absolute Gasteiger partial charge is 0.394 e. The molecule has 3 saturated heterocycles. The van der Waals surface area contributed by atoms with Crippen LogP contribution in [0.15, 0.2) is 85.1 Å². The summed E-state index contributed by atoms with van der Waals surface area (Å²) in [6.07, 6.45) is 37.0. The lowest BCUT2D eigenvalue weighted by molar-refractivity contribution is -0.379. The van der Waals surface area contributed by atoms with Gasteiger partial charge in [0.15, 0.2) is 18.9 Å². The van der Waals surface area contributed by atoms with Gasteiger partial charge in [-0.1, -0.05) is 208 Å². The third-order valence-corrected chi connectivity index (χ3v) is 16.4. The van der Waals surface area contributed by atoms with Gasteiger partial charge >= 0.3 is 0 Å². The van der Waals surface area contributed by atoms with Crippen molar-refractivity contribution in [1.82, 2.24) is 5.32 Å². The molecular formula is C69H119NO18. The Morgan fingerprint density at radius 2 is 0.795 bits per heavy atom. The van der Waals surface area contributed by atoms with Crippen LogP contribution in [0.3, 0.4) is 0 Å². The van der Waals surface area contributed by atoms with Crippen LogP contribution in [0, 0.1) is 0 Å². The standard InChI is InChI=1S/C69H119NO18/c1-3-5-7-9-11-13-15-17-19-21-23-25-27-28-30-32-34-36-38-40-42-44-46-53(74)52(70-57(75)47-45-43-41-39-37-35-33-31-29-26-24-22-20-18-16-14-12-10-8-6-4-2)51-83-67-63(81)60(78)65(55(49-72)85-67)88-69-64(82)61(79)66(56(50-73)86-69)87-68-62(80)59(77)58(76)54(48-71)84-68/h6,8,12,14,18,20,24,26,28,30,36,38,44,46,52-56,58-69,71-74,76-82H,3-5,7,9-11,13,15-17,19,21-23,25,27,29,31-35,37,39-43,45,47-51H2,1-2H3,(H,70,75)/b8-6-,14-12-,20-18-,26-24-,30-28+,38-36+,46-44+. The molecule has 0 saturated carbocycles. The molecule has 3 heterocycles. The maximum atomic E-state index is 13.4. The normalized spacial score (nSPS) is 28.9. The molecule has 19 heteroatoms. The SMILES string of the molecule is CC/C=C\C/C=C\C/C=C\C/C=C\CCCCCCCCCCC(=O)NC(COC1OC(CO)C(OC2OC(CO)C(OC3OC(CO)C(O)C(O)C3O)C(O)C2O)C(O)C1O)C(O)/C=C/CC/C=C/CC/C=C/CCCCCCCCCCCCCC. The Hall–Kier alpha value is -3.03. The van der Waals surface area contributed by atoms with E-state index in [1.165, 1.54) is 89.9 Å². The molecule has 17 atom stereocenters. The molecule has 1 amide bonds. The van der Waals surface area contributed by atoms with Gasteiger partial charge in [0.05, 0.1) is 38.6 Å². The van der Waals surface area contributed by atoms with Crippen LogP contribution in [0.5, 0.6) is 0 Å². The fourth-order valence-corrected chi connectivity index (χ4v) is 10.9. The first-order chi connectivity index (χ1) is 42.8. The Morgan fingerprint density at radius 3 is 1.27 bits per heavy atom. The minimum atomic E-state index is -1.99. The molecule has 0 spiro atoms. The third-order valence-electron chi connectivity index (χ3n) is 16.4. The summed E-state index contributed by atoms with van der Waals surface area (Å²) in [5.74, 6) is -0.301. The van der Waals surface area contributed by atoms with E-state index in [1.807, 2.05) is 6.08 Å². The quantitative estimate of drug-likeness (QED) is 0.0201. The molecule has 3 aliphatic heterocycles. The number of aliphatic hydroxyl groups is 11. The van der Waals surface area contributed by atoms with Gasteiger partial charge in [0.1, 0.15) is 73.2 Å². The molecule has 88 heavy (non-hydrogen) atoms. The zero-order chi connectivity index (χ0) is 64.0. The molecule has 508 valence electrons. The van der Waals surface area contributed by atoms with E-state index in [-0.39, 0.29) is 18.9 Å². The molecule has 0 aromatic carbocycles. The number of unbranched alkanes of at least 4 members (excludes halogenated alkanes) is 22. The summed E-state index contributed by atoms with van der Waals surface area (Å²) in [5, 5.41) is 120. The maximum Gasteiger partial charge on any atom is 0.220 e. The van der Waals surface area contributed by atoms with Crippen molar-refractivity contribution in [2.24, 2.45) is 0 Å². The minimum Gasteiger partial charge on any atom is -0.394 e. The summed E-state index contributed by atoms with van der Waals surface area (Å²) >= 11 is 0. The Labute approximate surface area is 527 Å². The van der Waals surface area contributed by atoms with Crippen LogP contribution in [0.4, 0.5) is 0 Å². The van der Waals surface area contributed by atoms with Crippen LogP contribution >= 0.6 is 0 Å². The zero-order valence-corrected chi connectivity index (χ0v) is 53.4. The van der Waals surface area contributed by atoms with Crippen LogP contribution in [0.1, 0.15) is 213 Å². The van der Waals surface area contributed by atoms with Gasteiger partial charge in [-0.05, 0) is 83.5 Å². The van der Waals surface area contributed by atoms with Gasteiger partial charge in [0, 0.05) is 6.42 Å². The smallest absolute Gasteiger partial charge is 0.220 e. The monoisotopic (exact) mass is 1250 g/mol. The lowest BCUT2D eigenvalue weighted by atomic mass is 9.96. The summed E-state index contributed by atoms with van der Waals surface area (Å²) in [4.78, 5) is 13.4. The molecule has 3 aliphatic rings. The minimum absolute atomic E-state index is 0.218. The Bertz CT molecular complexity index is 1930. The molecule has 3 rings (SSSR count). The van der Waals surface area contributed by atoms with E-state index in [0.717, 1.165) is 89.9 Å². The van der Waals surface area contributed by atoms with Gasteiger partial charge in [0.25, 0.3) is 0 Å². The number of ether oxygens (including phenoxy) is 6. The topological polar surface area (TPSA) is 307 Å². The van der Waals surface area contributed by atoms with Crippen LogP contribution < -0.4 is 5.32 Å². The van der Waals surface area contributed by atoms with Gasteiger partial charge in [-0.3, -0.25) is 4.79 Å². The van der Waals surface area contributed by atoms with Crippen LogP contribution in [0.2, 0.25) is 0 Å². The van der Waals surface area contributed by atoms with Crippen LogP contribution in [-0.2, 0) is 33.2 Å². The van der Waals surface area contributed by atoms with Crippen molar-refractivity contribution in [3.63, 3.8) is 0 Å². The number of nitrogens with one attached hydrogen (secondary N) is 1. The summed E-state index contributed by atoms with van der Waals surface area (Å²) in [6.45, 7) is 1.58. The van der Waals surface area contributed by atoms with Crippen molar-refractivity contribution in [3.05, 3.63) is 85.1 Å². The first kappa shape index (κ1) is 79.2. The average Bonchev–Trinajstić information content (AvgIpc) is 3.72. The number of hydrogen-bond acceptors (Lipinski definition) is 18. The van der Waals surface area contributed by atoms with Crippen molar-refractivity contribution >= 4 is 5.91 Å². The van der Waals surface area contributed by atoms with E-state index in [2.05, 4.69) is 92.1 Å². The van der Waals surface area contributed by atoms with E-state index < -0.39 is 124 Å².